The molecule has 0 aromatic heterocycles. The third-order valence-electron chi connectivity index (χ3n) is 5.42. The molecular formula is C23H26NNaO6S2. The Kier molecular flexibility index (Phi) is 10.1. The third-order valence-corrected chi connectivity index (χ3v) is 7.78. The number of benzene rings is 1. The van der Waals surface area contributed by atoms with Gasteiger partial charge in [-0.1, -0.05) is 49.4 Å². The first-order valence-electron chi connectivity index (χ1n) is 10.3. The van der Waals surface area contributed by atoms with Gasteiger partial charge in [-0.05, 0) is 59.7 Å². The van der Waals surface area contributed by atoms with E-state index in [-0.39, 0.29) is 58.4 Å². The van der Waals surface area contributed by atoms with Gasteiger partial charge >= 0.3 is 29.6 Å². The second-order valence-electron chi connectivity index (χ2n) is 7.73. The SMILES string of the molecule is CC(CO)c1ccc2c(CCCCNS(=O)(=O)c3ccccc3)cc(S(=O)(=O)[O-])c-2cc1.[Na+]. The van der Waals surface area contributed by atoms with Crippen LogP contribution in [0.5, 0.6) is 0 Å². The van der Waals surface area contributed by atoms with Crippen LogP contribution in [0.1, 0.15) is 36.8 Å². The fourth-order valence-electron chi connectivity index (χ4n) is 3.58. The maximum atomic E-state index is 12.3. The Labute approximate surface area is 217 Å². The summed E-state index contributed by atoms with van der Waals surface area (Å²) in [5.41, 5.74) is 2.58. The molecule has 0 radical (unpaired) electrons. The predicted molar refractivity (Wildman–Crippen MR) is 121 cm³/mol. The number of hydrogen-bond acceptors (Lipinski definition) is 6. The summed E-state index contributed by atoms with van der Waals surface area (Å²) < 4.78 is 62.5. The zero-order valence-electron chi connectivity index (χ0n) is 18.7. The van der Waals surface area contributed by atoms with E-state index in [2.05, 4.69) is 4.72 Å². The first kappa shape index (κ1) is 27.9. The molecule has 2 aliphatic rings. The van der Waals surface area contributed by atoms with Crippen LogP contribution in [0.2, 0.25) is 0 Å². The maximum Gasteiger partial charge on any atom is 1.00 e. The summed E-state index contributed by atoms with van der Waals surface area (Å²) in [6.07, 6.45) is 1.64. The van der Waals surface area contributed by atoms with Crippen LogP contribution in [0.4, 0.5) is 0 Å². The van der Waals surface area contributed by atoms with Crippen LogP contribution in [0.15, 0.2) is 70.5 Å². The molecule has 0 aliphatic heterocycles. The van der Waals surface area contributed by atoms with E-state index in [4.69, 9.17) is 0 Å². The molecule has 0 saturated carbocycles. The average molecular weight is 500 g/mol. The number of aliphatic hydroxyl groups excluding tert-OH is 1. The quantitative estimate of drug-likeness (QED) is 0.232. The summed E-state index contributed by atoms with van der Waals surface area (Å²) in [6.45, 7) is 2.05. The number of aliphatic hydroxyl groups is 1. The number of rotatable bonds is 10. The van der Waals surface area contributed by atoms with Gasteiger partial charge in [0.05, 0.1) is 9.79 Å². The molecule has 33 heavy (non-hydrogen) atoms. The van der Waals surface area contributed by atoms with Gasteiger partial charge in [0.25, 0.3) is 0 Å². The van der Waals surface area contributed by atoms with Crippen molar-refractivity contribution >= 4 is 20.1 Å². The second-order valence-corrected chi connectivity index (χ2v) is 10.8. The standard InChI is InChI=1S/C23H27NO6S2.Na/c1-17(16-25)18-10-12-21-19(15-23(32(28,29)30)22(21)13-11-18)7-5-6-14-24-31(26,27)20-8-3-2-4-9-20;/h2-4,8-13,15,17,24-25H,5-7,14,16H2,1H3,(H,28,29,30);/q;+1/p-1. The smallest absolute Gasteiger partial charge is 0.744 e. The number of fused-ring (bicyclic) bond motifs is 1. The molecule has 0 amide bonds. The van der Waals surface area contributed by atoms with Crippen LogP contribution in [0, 0.1) is 0 Å². The van der Waals surface area contributed by atoms with E-state index in [0.717, 1.165) is 11.1 Å². The normalized spacial score (nSPS) is 12.9. The topological polar surface area (TPSA) is 124 Å². The third kappa shape index (κ3) is 7.10. The van der Waals surface area contributed by atoms with Gasteiger partial charge in [0.15, 0.2) is 0 Å². The van der Waals surface area contributed by atoms with E-state index in [1.807, 2.05) is 13.0 Å². The van der Waals surface area contributed by atoms with Gasteiger partial charge in [0, 0.05) is 19.1 Å². The predicted octanol–water partition coefficient (Wildman–Crippen LogP) is 0.0965. The summed E-state index contributed by atoms with van der Waals surface area (Å²) in [6, 6.07) is 16.4. The summed E-state index contributed by atoms with van der Waals surface area (Å²) in [7, 11) is -8.22. The Morgan fingerprint density at radius 2 is 1.58 bits per heavy atom. The van der Waals surface area contributed by atoms with E-state index in [1.165, 1.54) is 18.2 Å². The average Bonchev–Trinajstić information content (AvgIpc) is 2.97. The van der Waals surface area contributed by atoms with Crippen LogP contribution in [0.25, 0.3) is 11.1 Å². The molecule has 2 N–H and O–H groups in total. The molecule has 0 heterocycles. The van der Waals surface area contributed by atoms with Crippen molar-refractivity contribution in [1.29, 1.82) is 0 Å². The molecule has 0 bridgehead atoms. The number of aryl methyl sites for hydroxylation is 1. The minimum Gasteiger partial charge on any atom is -0.744 e. The van der Waals surface area contributed by atoms with Crippen molar-refractivity contribution < 1.29 is 56.1 Å². The Morgan fingerprint density at radius 3 is 2.18 bits per heavy atom. The van der Waals surface area contributed by atoms with E-state index in [0.29, 0.717) is 30.4 Å². The monoisotopic (exact) mass is 499 g/mol. The minimum atomic E-state index is -4.65. The van der Waals surface area contributed by atoms with Gasteiger partial charge in [-0.2, -0.15) is 0 Å². The number of sulfonamides is 1. The van der Waals surface area contributed by atoms with Crippen molar-refractivity contribution in [2.75, 3.05) is 13.2 Å². The molecule has 3 rings (SSSR count). The number of hydrogen-bond donors (Lipinski definition) is 2. The van der Waals surface area contributed by atoms with E-state index >= 15 is 0 Å². The van der Waals surface area contributed by atoms with Crippen LogP contribution in [0.3, 0.4) is 0 Å². The maximum absolute atomic E-state index is 12.3. The molecule has 1 aromatic rings. The Hall–Kier alpha value is -1.30. The van der Waals surface area contributed by atoms with Crippen molar-refractivity contribution in [2.24, 2.45) is 0 Å². The zero-order valence-corrected chi connectivity index (χ0v) is 22.3. The van der Waals surface area contributed by atoms with Gasteiger partial charge in [0.1, 0.15) is 10.1 Å². The molecule has 0 spiro atoms. The molecule has 10 heteroatoms. The molecule has 1 unspecified atom stereocenters. The van der Waals surface area contributed by atoms with Gasteiger partial charge in [-0.3, -0.25) is 0 Å². The fraction of sp³-hybridized carbons (Fsp3) is 0.304. The summed E-state index contributed by atoms with van der Waals surface area (Å²) in [5.74, 6) is -0.125. The number of unbranched alkanes of at least 4 members (excludes halogenated alkanes) is 1. The van der Waals surface area contributed by atoms with E-state index < -0.39 is 20.1 Å². The Balaban J connectivity index is 0.00000385. The molecular weight excluding hydrogens is 473 g/mol. The minimum absolute atomic E-state index is 0. The van der Waals surface area contributed by atoms with E-state index in [9.17, 15) is 26.5 Å². The Morgan fingerprint density at radius 1 is 0.939 bits per heavy atom. The summed E-state index contributed by atoms with van der Waals surface area (Å²) >= 11 is 0. The largest absolute Gasteiger partial charge is 1.00 e. The van der Waals surface area contributed by atoms with Crippen molar-refractivity contribution in [1.82, 2.24) is 4.72 Å². The molecule has 0 fully saturated rings. The molecule has 1 aromatic carbocycles. The molecule has 0 saturated heterocycles. The first-order chi connectivity index (χ1) is 15.1. The van der Waals surface area contributed by atoms with Crippen LogP contribution < -0.4 is 34.3 Å². The summed E-state index contributed by atoms with van der Waals surface area (Å²) in [4.78, 5) is -0.0567. The molecule has 2 aliphatic carbocycles. The molecule has 7 nitrogen and oxygen atoms in total. The number of nitrogens with one attached hydrogen (secondary N) is 1. The zero-order chi connectivity index (χ0) is 23.4. The van der Waals surface area contributed by atoms with Crippen molar-refractivity contribution in [3.8, 4) is 11.1 Å². The van der Waals surface area contributed by atoms with Crippen LogP contribution in [-0.2, 0) is 26.6 Å². The Bertz CT molecular complexity index is 1250. The summed E-state index contributed by atoms with van der Waals surface area (Å²) in [5, 5.41) is 9.40. The molecule has 1 atom stereocenters. The van der Waals surface area contributed by atoms with Gasteiger partial charge in [0.2, 0.25) is 10.0 Å². The van der Waals surface area contributed by atoms with Crippen molar-refractivity contribution in [3.05, 3.63) is 71.8 Å². The van der Waals surface area contributed by atoms with Crippen LogP contribution >= 0.6 is 0 Å². The van der Waals surface area contributed by atoms with Gasteiger partial charge in [-0.15, -0.1) is 0 Å². The fourth-order valence-corrected chi connectivity index (χ4v) is 5.41. The first-order valence-corrected chi connectivity index (χ1v) is 13.2. The van der Waals surface area contributed by atoms with Crippen LogP contribution in [-0.4, -0.2) is 39.6 Å². The van der Waals surface area contributed by atoms with Crippen molar-refractivity contribution in [2.45, 2.75) is 41.9 Å². The van der Waals surface area contributed by atoms with Gasteiger partial charge < -0.3 is 9.66 Å². The second kappa shape index (κ2) is 11.9. The molecule has 172 valence electrons. The van der Waals surface area contributed by atoms with E-state index in [1.54, 1.807) is 36.4 Å². The van der Waals surface area contributed by atoms with Gasteiger partial charge in [-0.25, -0.2) is 21.6 Å². The van der Waals surface area contributed by atoms with Crippen molar-refractivity contribution in [3.63, 3.8) is 0 Å².